The quantitative estimate of drug-likeness (QED) is 0.537. The Kier molecular flexibility index (Phi) is 4.75. The number of pyridine rings is 3. The molecule has 0 spiro atoms. The zero-order valence-corrected chi connectivity index (χ0v) is 16.3. The zero-order chi connectivity index (χ0) is 19.6. The van der Waals surface area contributed by atoms with Gasteiger partial charge in [0.2, 0.25) is 0 Å². The number of aromatic nitrogens is 5. The van der Waals surface area contributed by atoms with Gasteiger partial charge in [0.25, 0.3) is 0 Å². The average Bonchev–Trinajstić information content (AvgIpc) is 3.10. The van der Waals surface area contributed by atoms with Crippen molar-refractivity contribution in [2.75, 3.05) is 26.3 Å². The first-order chi connectivity index (χ1) is 14.3. The molecule has 0 amide bonds. The van der Waals surface area contributed by atoms with Crippen molar-refractivity contribution in [2.24, 2.45) is 0 Å². The highest BCUT2D eigenvalue weighted by molar-refractivity contribution is 5.77. The second-order valence-corrected chi connectivity index (χ2v) is 7.18. The first-order valence-corrected chi connectivity index (χ1v) is 9.80. The summed E-state index contributed by atoms with van der Waals surface area (Å²) in [6.07, 6.45) is 5.50. The Bertz CT molecular complexity index is 1120. The van der Waals surface area contributed by atoms with Crippen LogP contribution in [0.3, 0.4) is 0 Å². The van der Waals surface area contributed by atoms with Crippen LogP contribution >= 0.6 is 0 Å². The van der Waals surface area contributed by atoms with Gasteiger partial charge in [-0.05, 0) is 42.8 Å². The number of nitrogens with zero attached hydrogens (tertiary/aromatic N) is 6. The first kappa shape index (κ1) is 17.9. The normalized spacial score (nSPS) is 15.1. The van der Waals surface area contributed by atoms with E-state index in [-0.39, 0.29) is 0 Å². The molecule has 0 N–H and O–H groups in total. The van der Waals surface area contributed by atoms with Gasteiger partial charge in [0.1, 0.15) is 17.2 Å². The third-order valence-electron chi connectivity index (χ3n) is 5.20. The van der Waals surface area contributed by atoms with Crippen LogP contribution in [0, 0.1) is 6.92 Å². The second kappa shape index (κ2) is 7.69. The molecule has 0 aromatic carbocycles. The predicted octanol–water partition coefficient (Wildman–Crippen LogP) is 3.02. The predicted molar refractivity (Wildman–Crippen MR) is 111 cm³/mol. The van der Waals surface area contributed by atoms with Crippen molar-refractivity contribution in [2.45, 2.75) is 13.5 Å². The lowest BCUT2D eigenvalue weighted by molar-refractivity contribution is 0.0341. The standard InChI is InChI=1S/C22H22N6O/c1-16-25-20-4-3-19(18-6-8-23-9-7-18)26-22(20)28(16)21-5-2-17(14-24-21)15-27-10-12-29-13-11-27/h2-9,14H,10-13,15H2,1H3. The molecule has 0 aliphatic carbocycles. The van der Waals surface area contributed by atoms with Gasteiger partial charge in [-0.1, -0.05) is 6.07 Å². The maximum atomic E-state index is 5.42. The van der Waals surface area contributed by atoms with Gasteiger partial charge >= 0.3 is 0 Å². The number of ether oxygens (including phenoxy) is 1. The summed E-state index contributed by atoms with van der Waals surface area (Å²) in [4.78, 5) is 20.7. The number of aryl methyl sites for hydroxylation is 1. The zero-order valence-electron chi connectivity index (χ0n) is 16.3. The second-order valence-electron chi connectivity index (χ2n) is 7.18. The van der Waals surface area contributed by atoms with Crippen molar-refractivity contribution >= 4 is 11.2 Å². The maximum Gasteiger partial charge on any atom is 0.166 e. The molecule has 0 saturated carbocycles. The third-order valence-corrected chi connectivity index (χ3v) is 5.20. The Balaban J connectivity index is 1.48. The molecule has 1 aliphatic heterocycles. The Morgan fingerprint density at radius 2 is 1.79 bits per heavy atom. The summed E-state index contributed by atoms with van der Waals surface area (Å²) in [6.45, 7) is 6.42. The minimum atomic E-state index is 0.803. The van der Waals surface area contributed by atoms with Crippen LogP contribution in [-0.4, -0.2) is 55.7 Å². The van der Waals surface area contributed by atoms with Crippen LogP contribution in [-0.2, 0) is 11.3 Å². The highest BCUT2D eigenvalue weighted by Crippen LogP contribution is 2.23. The number of fused-ring (bicyclic) bond motifs is 1. The highest BCUT2D eigenvalue weighted by Gasteiger charge is 2.14. The fourth-order valence-corrected chi connectivity index (χ4v) is 3.69. The fraction of sp³-hybridized carbons (Fsp3) is 0.273. The molecular weight excluding hydrogens is 364 g/mol. The van der Waals surface area contributed by atoms with Crippen LogP contribution < -0.4 is 0 Å². The molecule has 0 bridgehead atoms. The van der Waals surface area contributed by atoms with E-state index in [0.29, 0.717) is 0 Å². The van der Waals surface area contributed by atoms with E-state index >= 15 is 0 Å². The molecule has 5 rings (SSSR count). The van der Waals surface area contributed by atoms with E-state index in [1.165, 1.54) is 5.56 Å². The molecule has 1 aliphatic rings. The topological polar surface area (TPSA) is 69.0 Å². The van der Waals surface area contributed by atoms with E-state index in [2.05, 4.69) is 20.9 Å². The number of rotatable bonds is 4. The molecule has 7 nitrogen and oxygen atoms in total. The van der Waals surface area contributed by atoms with E-state index in [4.69, 9.17) is 14.7 Å². The molecule has 0 radical (unpaired) electrons. The summed E-state index contributed by atoms with van der Waals surface area (Å²) in [5.41, 5.74) is 4.79. The van der Waals surface area contributed by atoms with E-state index < -0.39 is 0 Å². The van der Waals surface area contributed by atoms with Crippen molar-refractivity contribution in [3.8, 4) is 17.1 Å². The molecule has 0 atom stereocenters. The van der Waals surface area contributed by atoms with E-state index in [1.54, 1.807) is 12.4 Å². The molecule has 1 fully saturated rings. The van der Waals surface area contributed by atoms with Crippen LogP contribution in [0.2, 0.25) is 0 Å². The van der Waals surface area contributed by atoms with Gasteiger partial charge in [0, 0.05) is 43.8 Å². The van der Waals surface area contributed by atoms with Crippen LogP contribution in [0.5, 0.6) is 0 Å². The van der Waals surface area contributed by atoms with Crippen LogP contribution in [0.1, 0.15) is 11.4 Å². The van der Waals surface area contributed by atoms with Gasteiger partial charge in [-0.15, -0.1) is 0 Å². The molecule has 5 heterocycles. The highest BCUT2D eigenvalue weighted by atomic mass is 16.5. The smallest absolute Gasteiger partial charge is 0.166 e. The Morgan fingerprint density at radius 1 is 0.966 bits per heavy atom. The van der Waals surface area contributed by atoms with E-state index in [9.17, 15) is 0 Å². The van der Waals surface area contributed by atoms with Crippen LogP contribution in [0.25, 0.3) is 28.2 Å². The molecule has 4 aromatic rings. The molecule has 0 unspecified atom stereocenters. The lowest BCUT2D eigenvalue weighted by Crippen LogP contribution is -2.35. The fourth-order valence-electron chi connectivity index (χ4n) is 3.69. The van der Waals surface area contributed by atoms with Crippen molar-refractivity contribution in [1.29, 1.82) is 0 Å². The lowest BCUT2D eigenvalue weighted by atomic mass is 10.2. The van der Waals surface area contributed by atoms with Gasteiger partial charge < -0.3 is 4.74 Å². The van der Waals surface area contributed by atoms with E-state index in [1.807, 2.05) is 48.0 Å². The molecule has 146 valence electrons. The SMILES string of the molecule is Cc1nc2ccc(-c3ccncc3)nc2n1-c1ccc(CN2CCOCC2)cn1. The van der Waals surface area contributed by atoms with Crippen molar-refractivity contribution in [3.05, 3.63) is 66.4 Å². The van der Waals surface area contributed by atoms with Crippen LogP contribution in [0.15, 0.2) is 55.0 Å². The minimum Gasteiger partial charge on any atom is -0.379 e. The first-order valence-electron chi connectivity index (χ1n) is 9.80. The maximum absolute atomic E-state index is 5.42. The van der Waals surface area contributed by atoms with Gasteiger partial charge in [0.05, 0.1) is 18.9 Å². The average molecular weight is 386 g/mol. The van der Waals surface area contributed by atoms with Crippen molar-refractivity contribution in [1.82, 2.24) is 29.4 Å². The van der Waals surface area contributed by atoms with Crippen LogP contribution in [0.4, 0.5) is 0 Å². The summed E-state index contributed by atoms with van der Waals surface area (Å²) in [7, 11) is 0. The molecule has 29 heavy (non-hydrogen) atoms. The monoisotopic (exact) mass is 386 g/mol. The van der Waals surface area contributed by atoms with Gasteiger partial charge in [0.15, 0.2) is 5.65 Å². The number of imidazole rings is 1. The minimum absolute atomic E-state index is 0.803. The molecule has 4 aromatic heterocycles. The third kappa shape index (κ3) is 3.62. The number of morpholine rings is 1. The van der Waals surface area contributed by atoms with E-state index in [0.717, 1.165) is 66.9 Å². The Hall–Kier alpha value is -3.16. The largest absolute Gasteiger partial charge is 0.379 e. The molecular formula is C22H22N6O. The summed E-state index contributed by atoms with van der Waals surface area (Å²) < 4.78 is 7.44. The Labute approximate surface area is 169 Å². The van der Waals surface area contributed by atoms with Gasteiger partial charge in [-0.25, -0.2) is 15.0 Å². The van der Waals surface area contributed by atoms with Gasteiger partial charge in [-0.3, -0.25) is 14.5 Å². The number of hydrogen-bond donors (Lipinski definition) is 0. The summed E-state index contributed by atoms with van der Waals surface area (Å²) in [5.74, 6) is 1.70. The summed E-state index contributed by atoms with van der Waals surface area (Å²) in [6, 6.07) is 12.1. The Morgan fingerprint density at radius 3 is 2.55 bits per heavy atom. The van der Waals surface area contributed by atoms with Crippen molar-refractivity contribution in [3.63, 3.8) is 0 Å². The number of hydrogen-bond acceptors (Lipinski definition) is 6. The molecule has 7 heteroatoms. The molecule has 1 saturated heterocycles. The summed E-state index contributed by atoms with van der Waals surface area (Å²) >= 11 is 0. The van der Waals surface area contributed by atoms with Gasteiger partial charge in [-0.2, -0.15) is 0 Å². The lowest BCUT2D eigenvalue weighted by Gasteiger charge is -2.26. The summed E-state index contributed by atoms with van der Waals surface area (Å²) in [5, 5.41) is 0. The van der Waals surface area contributed by atoms with Crippen molar-refractivity contribution < 1.29 is 4.74 Å².